The van der Waals surface area contributed by atoms with E-state index in [1.165, 1.54) is 24.6 Å². The number of benzene rings is 1. The van der Waals surface area contributed by atoms with Crippen molar-refractivity contribution in [3.63, 3.8) is 0 Å². The topological polar surface area (TPSA) is 29.5 Å². The summed E-state index contributed by atoms with van der Waals surface area (Å²) in [6.07, 6.45) is 4.73. The first-order chi connectivity index (χ1) is 9.70. The minimum Gasteiger partial charge on any atom is -0.495 e. The second kappa shape index (κ2) is 7.79. The van der Waals surface area contributed by atoms with Crippen molar-refractivity contribution in [1.82, 2.24) is 4.90 Å². The number of carbonyl (C=O) groups is 1. The first kappa shape index (κ1) is 15.5. The molecule has 1 fully saturated rings. The fourth-order valence-electron chi connectivity index (χ4n) is 2.29. The zero-order chi connectivity index (χ0) is 14.4. The lowest BCUT2D eigenvalue weighted by Crippen LogP contribution is -2.28. The number of halogens is 1. The van der Waals surface area contributed by atoms with E-state index in [0.29, 0.717) is 16.5 Å². The molecule has 0 bridgehead atoms. The van der Waals surface area contributed by atoms with Gasteiger partial charge in [0, 0.05) is 18.8 Å². The molecule has 0 aromatic heterocycles. The summed E-state index contributed by atoms with van der Waals surface area (Å²) in [5, 5.41) is 0.770. The van der Waals surface area contributed by atoms with Crippen molar-refractivity contribution in [1.29, 1.82) is 0 Å². The smallest absolute Gasteiger partial charge is 0.281 e. The van der Waals surface area contributed by atoms with Crippen LogP contribution in [0.25, 0.3) is 0 Å². The molecule has 0 spiro atoms. The minimum absolute atomic E-state index is 0.179. The van der Waals surface area contributed by atoms with Crippen molar-refractivity contribution in [2.45, 2.75) is 31.4 Å². The van der Waals surface area contributed by atoms with E-state index < -0.39 is 0 Å². The number of thioether (sulfide) groups is 1. The fourth-order valence-corrected chi connectivity index (χ4v) is 3.40. The first-order valence-electron chi connectivity index (χ1n) is 6.95. The number of rotatable bonds is 3. The normalized spacial score (nSPS) is 15.8. The third-order valence-electron chi connectivity index (χ3n) is 3.44. The van der Waals surface area contributed by atoms with E-state index in [1.54, 1.807) is 7.11 Å². The number of nitrogens with zero attached hydrogens (tertiary/aromatic N) is 1. The Kier molecular flexibility index (Phi) is 6.05. The first-order valence-corrected chi connectivity index (χ1v) is 8.31. The zero-order valence-corrected chi connectivity index (χ0v) is 13.3. The predicted molar refractivity (Wildman–Crippen MR) is 84.7 cm³/mol. The van der Waals surface area contributed by atoms with Gasteiger partial charge in [0.05, 0.1) is 12.1 Å². The summed E-state index contributed by atoms with van der Waals surface area (Å²) >= 11 is 7.44. The van der Waals surface area contributed by atoms with E-state index in [4.69, 9.17) is 16.3 Å². The highest BCUT2D eigenvalue weighted by Gasteiger charge is 2.16. The van der Waals surface area contributed by atoms with Crippen LogP contribution in [0, 0.1) is 0 Å². The van der Waals surface area contributed by atoms with Gasteiger partial charge >= 0.3 is 0 Å². The van der Waals surface area contributed by atoms with Gasteiger partial charge in [0.2, 0.25) is 0 Å². The Bertz CT molecular complexity index is 459. The Morgan fingerprint density at radius 1 is 1.30 bits per heavy atom. The number of hydrogen-bond acceptors (Lipinski definition) is 3. The monoisotopic (exact) mass is 313 g/mol. The molecule has 20 heavy (non-hydrogen) atoms. The maximum absolute atomic E-state index is 12.2. The summed E-state index contributed by atoms with van der Waals surface area (Å²) in [6, 6.07) is 5.66. The lowest BCUT2D eigenvalue weighted by atomic mass is 10.2. The molecule has 0 atom stereocenters. The van der Waals surface area contributed by atoms with Crippen molar-refractivity contribution in [3.05, 3.63) is 28.8 Å². The molecule has 1 aromatic carbocycles. The highest BCUT2D eigenvalue weighted by atomic mass is 35.5. The number of methoxy groups -OCH3 is 1. The van der Waals surface area contributed by atoms with Crippen LogP contribution >= 0.6 is 23.4 Å². The van der Waals surface area contributed by atoms with Crippen molar-refractivity contribution < 1.29 is 9.53 Å². The van der Waals surface area contributed by atoms with Gasteiger partial charge in [-0.15, -0.1) is 0 Å². The minimum atomic E-state index is 0.179. The molecular formula is C15H20ClNO2S. The van der Waals surface area contributed by atoms with Crippen LogP contribution in [0.2, 0.25) is 5.02 Å². The van der Waals surface area contributed by atoms with E-state index in [1.807, 2.05) is 23.1 Å². The van der Waals surface area contributed by atoms with Crippen molar-refractivity contribution >= 4 is 28.6 Å². The molecule has 0 radical (unpaired) electrons. The largest absolute Gasteiger partial charge is 0.495 e. The van der Waals surface area contributed by atoms with Crippen LogP contribution < -0.4 is 4.74 Å². The van der Waals surface area contributed by atoms with Crippen LogP contribution in [-0.2, 0) is 5.75 Å². The van der Waals surface area contributed by atoms with E-state index in [0.717, 1.165) is 31.5 Å². The van der Waals surface area contributed by atoms with Gasteiger partial charge in [-0.2, -0.15) is 0 Å². The fraction of sp³-hybridized carbons (Fsp3) is 0.533. The lowest BCUT2D eigenvalue weighted by Gasteiger charge is -2.19. The Hall–Kier alpha value is -0.870. The molecule has 1 amide bonds. The van der Waals surface area contributed by atoms with Gasteiger partial charge in [0.1, 0.15) is 5.75 Å². The second-order valence-corrected chi connectivity index (χ2v) is 6.26. The van der Waals surface area contributed by atoms with Crippen molar-refractivity contribution in [2.75, 3.05) is 20.2 Å². The molecule has 3 nitrogen and oxygen atoms in total. The van der Waals surface area contributed by atoms with E-state index >= 15 is 0 Å². The molecule has 1 saturated heterocycles. The third-order valence-corrected chi connectivity index (χ3v) is 4.72. The van der Waals surface area contributed by atoms with Gasteiger partial charge in [0.15, 0.2) is 0 Å². The molecule has 1 heterocycles. The standard InChI is InChI=1S/C15H20ClNO2S/c1-19-14-7-6-12(10-13(14)16)11-20-15(18)17-8-4-2-3-5-9-17/h6-7,10H,2-5,8-9,11H2,1H3. The summed E-state index contributed by atoms with van der Waals surface area (Å²) in [4.78, 5) is 14.1. The van der Waals surface area contributed by atoms with Crippen LogP contribution in [0.4, 0.5) is 4.79 Å². The van der Waals surface area contributed by atoms with Gasteiger partial charge in [-0.05, 0) is 30.5 Å². The van der Waals surface area contributed by atoms with Crippen LogP contribution in [0.5, 0.6) is 5.75 Å². The Labute approximate surface area is 129 Å². The summed E-state index contributed by atoms with van der Waals surface area (Å²) in [7, 11) is 1.60. The molecule has 2 rings (SSSR count). The average Bonchev–Trinajstić information content (AvgIpc) is 2.74. The van der Waals surface area contributed by atoms with Crippen molar-refractivity contribution in [2.24, 2.45) is 0 Å². The third kappa shape index (κ3) is 4.32. The van der Waals surface area contributed by atoms with E-state index in [2.05, 4.69) is 0 Å². The molecule has 0 aliphatic carbocycles. The second-order valence-electron chi connectivity index (χ2n) is 4.92. The number of hydrogen-bond donors (Lipinski definition) is 0. The average molecular weight is 314 g/mol. The highest BCUT2D eigenvalue weighted by molar-refractivity contribution is 8.12. The molecule has 5 heteroatoms. The van der Waals surface area contributed by atoms with E-state index in [9.17, 15) is 4.79 Å². The van der Waals surface area contributed by atoms with Crippen LogP contribution in [0.1, 0.15) is 31.2 Å². The quantitative estimate of drug-likeness (QED) is 0.818. The van der Waals surface area contributed by atoms with Gasteiger partial charge in [-0.1, -0.05) is 42.3 Å². The zero-order valence-electron chi connectivity index (χ0n) is 11.7. The molecule has 110 valence electrons. The predicted octanol–water partition coefficient (Wildman–Crippen LogP) is 4.58. The Morgan fingerprint density at radius 2 is 2.00 bits per heavy atom. The van der Waals surface area contributed by atoms with Crippen LogP contribution in [0.15, 0.2) is 18.2 Å². The number of ether oxygens (including phenoxy) is 1. The maximum Gasteiger partial charge on any atom is 0.281 e. The SMILES string of the molecule is COc1ccc(CSC(=O)N2CCCCCC2)cc1Cl. The summed E-state index contributed by atoms with van der Waals surface area (Å²) in [5.74, 6) is 1.32. The Balaban J connectivity index is 1.87. The molecule has 1 aliphatic rings. The molecule has 1 aromatic rings. The lowest BCUT2D eigenvalue weighted by molar-refractivity contribution is 0.225. The summed E-state index contributed by atoms with van der Waals surface area (Å²) in [6.45, 7) is 1.80. The number of amides is 1. The van der Waals surface area contributed by atoms with Gasteiger partial charge in [-0.3, -0.25) is 4.79 Å². The van der Waals surface area contributed by atoms with Crippen molar-refractivity contribution in [3.8, 4) is 5.75 Å². The maximum atomic E-state index is 12.2. The molecular weight excluding hydrogens is 294 g/mol. The Morgan fingerprint density at radius 3 is 2.60 bits per heavy atom. The van der Waals surface area contributed by atoms with Gasteiger partial charge in [-0.25, -0.2) is 0 Å². The van der Waals surface area contributed by atoms with Gasteiger partial charge < -0.3 is 9.64 Å². The molecule has 1 aliphatic heterocycles. The van der Waals surface area contributed by atoms with Gasteiger partial charge in [0.25, 0.3) is 5.24 Å². The molecule has 0 saturated carbocycles. The van der Waals surface area contributed by atoms with Crippen LogP contribution in [-0.4, -0.2) is 30.3 Å². The summed E-state index contributed by atoms with van der Waals surface area (Å²) < 4.78 is 5.12. The number of likely N-dealkylation sites (tertiary alicyclic amines) is 1. The summed E-state index contributed by atoms with van der Waals surface area (Å²) in [5.41, 5.74) is 1.05. The number of carbonyl (C=O) groups excluding carboxylic acids is 1. The highest BCUT2D eigenvalue weighted by Crippen LogP contribution is 2.27. The van der Waals surface area contributed by atoms with Crippen LogP contribution in [0.3, 0.4) is 0 Å². The molecule has 0 N–H and O–H groups in total. The molecule has 0 unspecified atom stereocenters. The van der Waals surface area contributed by atoms with E-state index in [-0.39, 0.29) is 5.24 Å².